The van der Waals surface area contributed by atoms with Gasteiger partial charge in [0.2, 0.25) is 11.9 Å². The van der Waals surface area contributed by atoms with Gasteiger partial charge in [-0.05, 0) is 55.5 Å². The number of sulfonamides is 1. The Labute approximate surface area is 156 Å². The third kappa shape index (κ3) is 5.02. The topological polar surface area (TPSA) is 114 Å². The molecule has 3 rings (SSSR count). The van der Waals surface area contributed by atoms with E-state index in [1.54, 1.807) is 24.3 Å². The molecule has 2 heterocycles. The summed E-state index contributed by atoms with van der Waals surface area (Å²) in [6.45, 7) is 1.81. The van der Waals surface area contributed by atoms with Crippen molar-refractivity contribution in [2.24, 2.45) is 0 Å². The van der Waals surface area contributed by atoms with Crippen molar-refractivity contribution in [3.05, 3.63) is 72.5 Å². The Morgan fingerprint density at radius 1 is 1.07 bits per heavy atom. The van der Waals surface area contributed by atoms with E-state index in [2.05, 4.69) is 20.0 Å². The molecule has 0 unspecified atom stereocenters. The number of aryl methyl sites for hydroxylation is 1. The van der Waals surface area contributed by atoms with Crippen LogP contribution in [0.15, 0.2) is 70.2 Å². The molecule has 138 valence electrons. The summed E-state index contributed by atoms with van der Waals surface area (Å²) >= 11 is 0. The van der Waals surface area contributed by atoms with Gasteiger partial charge >= 0.3 is 0 Å². The molecule has 2 aromatic heterocycles. The summed E-state index contributed by atoms with van der Waals surface area (Å²) in [6, 6.07) is 10.9. The Morgan fingerprint density at radius 2 is 1.78 bits per heavy atom. The zero-order valence-corrected chi connectivity index (χ0v) is 15.1. The van der Waals surface area contributed by atoms with Crippen LogP contribution >= 0.6 is 0 Å². The summed E-state index contributed by atoms with van der Waals surface area (Å²) in [4.78, 5) is 19.6. The van der Waals surface area contributed by atoms with Crippen LogP contribution in [-0.4, -0.2) is 24.3 Å². The number of amides is 1. The maximum Gasteiger partial charge on any atom is 0.264 e. The van der Waals surface area contributed by atoms with E-state index in [0.29, 0.717) is 11.4 Å². The average Bonchev–Trinajstić information content (AvgIpc) is 3.06. The SMILES string of the molecule is Cc1ccc(/C=C/C(=O)Nc2ccc(S(=O)(=O)Nc3ncccn3)cc2)o1. The van der Waals surface area contributed by atoms with Gasteiger partial charge in [0.05, 0.1) is 4.90 Å². The summed E-state index contributed by atoms with van der Waals surface area (Å²) in [7, 11) is -3.82. The summed E-state index contributed by atoms with van der Waals surface area (Å²) in [5, 5.41) is 2.64. The molecular weight excluding hydrogens is 368 g/mol. The normalized spacial score (nSPS) is 11.4. The number of nitrogens with zero attached hydrogens (tertiary/aromatic N) is 2. The van der Waals surface area contributed by atoms with Crippen LogP contribution in [0.25, 0.3) is 6.08 Å². The first-order chi connectivity index (χ1) is 12.9. The molecule has 27 heavy (non-hydrogen) atoms. The predicted octanol–water partition coefficient (Wildman–Crippen LogP) is 2.83. The smallest absolute Gasteiger partial charge is 0.264 e. The lowest BCUT2D eigenvalue weighted by atomic mass is 10.3. The molecule has 8 nitrogen and oxygen atoms in total. The summed E-state index contributed by atoms with van der Waals surface area (Å²) in [6.07, 6.45) is 5.74. The number of carbonyl (C=O) groups excluding carboxylic acids is 1. The molecule has 9 heteroatoms. The molecule has 0 bridgehead atoms. The van der Waals surface area contributed by atoms with Crippen LogP contribution < -0.4 is 10.0 Å². The van der Waals surface area contributed by atoms with Crippen LogP contribution in [0.2, 0.25) is 0 Å². The van der Waals surface area contributed by atoms with Crippen molar-refractivity contribution in [2.45, 2.75) is 11.8 Å². The molecule has 0 atom stereocenters. The van der Waals surface area contributed by atoms with Crippen LogP contribution in [0.4, 0.5) is 11.6 Å². The van der Waals surface area contributed by atoms with E-state index in [1.165, 1.54) is 42.7 Å². The molecule has 3 aromatic rings. The van der Waals surface area contributed by atoms with Crippen LogP contribution in [0, 0.1) is 6.92 Å². The Bertz CT molecular complexity index is 1060. The second kappa shape index (κ2) is 7.83. The zero-order chi connectivity index (χ0) is 19.3. The lowest BCUT2D eigenvalue weighted by molar-refractivity contribution is -0.111. The third-order valence-electron chi connectivity index (χ3n) is 3.38. The van der Waals surface area contributed by atoms with Crippen LogP contribution in [0.1, 0.15) is 11.5 Å². The lowest BCUT2D eigenvalue weighted by Gasteiger charge is -2.07. The van der Waals surface area contributed by atoms with Gasteiger partial charge in [0.25, 0.3) is 10.0 Å². The first-order valence-electron chi connectivity index (χ1n) is 7.88. The molecule has 1 amide bonds. The van der Waals surface area contributed by atoms with Gasteiger partial charge in [-0.25, -0.2) is 23.1 Å². The molecule has 0 radical (unpaired) electrons. The van der Waals surface area contributed by atoms with E-state index < -0.39 is 10.0 Å². The molecule has 0 aliphatic carbocycles. The third-order valence-corrected chi connectivity index (χ3v) is 4.73. The summed E-state index contributed by atoms with van der Waals surface area (Å²) in [5.41, 5.74) is 0.454. The number of hydrogen-bond donors (Lipinski definition) is 2. The second-order valence-corrected chi connectivity index (χ2v) is 7.16. The highest BCUT2D eigenvalue weighted by atomic mass is 32.2. The maximum absolute atomic E-state index is 12.3. The largest absolute Gasteiger partial charge is 0.462 e. The van der Waals surface area contributed by atoms with Crippen molar-refractivity contribution in [2.75, 3.05) is 10.0 Å². The van der Waals surface area contributed by atoms with Crippen molar-refractivity contribution in [3.8, 4) is 0 Å². The quantitative estimate of drug-likeness (QED) is 0.632. The number of nitrogens with one attached hydrogen (secondary N) is 2. The Balaban J connectivity index is 1.64. The maximum atomic E-state index is 12.3. The minimum Gasteiger partial charge on any atom is -0.462 e. The van der Waals surface area contributed by atoms with Crippen molar-refractivity contribution in [3.63, 3.8) is 0 Å². The van der Waals surface area contributed by atoms with Gasteiger partial charge in [-0.1, -0.05) is 0 Å². The van der Waals surface area contributed by atoms with Gasteiger partial charge in [-0.15, -0.1) is 0 Å². The number of hydrogen-bond acceptors (Lipinski definition) is 6. The minimum absolute atomic E-state index is 0.0202. The number of aromatic nitrogens is 2. The van der Waals surface area contributed by atoms with Crippen LogP contribution in [0.3, 0.4) is 0 Å². The lowest BCUT2D eigenvalue weighted by Crippen LogP contribution is -2.15. The monoisotopic (exact) mass is 384 g/mol. The number of furan rings is 1. The Morgan fingerprint density at radius 3 is 2.41 bits per heavy atom. The fraction of sp³-hybridized carbons (Fsp3) is 0.0556. The highest BCUT2D eigenvalue weighted by Gasteiger charge is 2.15. The zero-order valence-electron chi connectivity index (χ0n) is 14.3. The molecular formula is C18H16N4O4S. The molecule has 0 saturated carbocycles. The molecule has 0 fully saturated rings. The molecule has 1 aromatic carbocycles. The first-order valence-corrected chi connectivity index (χ1v) is 9.36. The van der Waals surface area contributed by atoms with E-state index in [4.69, 9.17) is 4.42 Å². The fourth-order valence-electron chi connectivity index (χ4n) is 2.13. The highest BCUT2D eigenvalue weighted by Crippen LogP contribution is 2.16. The number of carbonyl (C=O) groups is 1. The van der Waals surface area contributed by atoms with Crippen molar-refractivity contribution in [1.82, 2.24) is 9.97 Å². The van der Waals surface area contributed by atoms with E-state index in [9.17, 15) is 13.2 Å². The van der Waals surface area contributed by atoms with Gasteiger partial charge in [0.15, 0.2) is 0 Å². The van der Waals surface area contributed by atoms with E-state index in [1.807, 2.05) is 6.92 Å². The van der Waals surface area contributed by atoms with Crippen molar-refractivity contribution in [1.29, 1.82) is 0 Å². The van der Waals surface area contributed by atoms with Gasteiger partial charge in [0.1, 0.15) is 11.5 Å². The van der Waals surface area contributed by atoms with Crippen LogP contribution in [-0.2, 0) is 14.8 Å². The van der Waals surface area contributed by atoms with Gasteiger partial charge in [-0.2, -0.15) is 0 Å². The van der Waals surface area contributed by atoms with E-state index in [-0.39, 0.29) is 16.8 Å². The first kappa shape index (κ1) is 18.3. The molecule has 0 aliphatic heterocycles. The number of rotatable bonds is 6. The molecule has 0 spiro atoms. The summed E-state index contributed by atoms with van der Waals surface area (Å²) in [5.74, 6) is 0.934. The number of anilines is 2. The van der Waals surface area contributed by atoms with Crippen molar-refractivity contribution < 1.29 is 17.6 Å². The van der Waals surface area contributed by atoms with E-state index >= 15 is 0 Å². The molecule has 0 aliphatic rings. The predicted molar refractivity (Wildman–Crippen MR) is 100 cm³/mol. The standard InChI is InChI=1S/C18H16N4O4S/c1-13-3-6-15(26-13)7-10-17(23)21-14-4-8-16(9-5-14)27(24,25)22-18-19-11-2-12-20-18/h2-12H,1H3,(H,21,23)(H,19,20,22)/b10-7+. The van der Waals surface area contributed by atoms with E-state index in [0.717, 1.165) is 5.76 Å². The van der Waals surface area contributed by atoms with Crippen molar-refractivity contribution >= 4 is 33.6 Å². The van der Waals surface area contributed by atoms with Gasteiger partial charge in [-0.3, -0.25) is 4.79 Å². The van der Waals surface area contributed by atoms with Gasteiger partial charge < -0.3 is 9.73 Å². The van der Waals surface area contributed by atoms with Crippen LogP contribution in [0.5, 0.6) is 0 Å². The Hall–Kier alpha value is -3.46. The second-order valence-electron chi connectivity index (χ2n) is 5.47. The fourth-order valence-corrected chi connectivity index (χ4v) is 3.09. The molecule has 2 N–H and O–H groups in total. The number of benzene rings is 1. The summed E-state index contributed by atoms with van der Waals surface area (Å²) < 4.78 is 32.2. The Kier molecular flexibility index (Phi) is 5.32. The highest BCUT2D eigenvalue weighted by molar-refractivity contribution is 7.92. The minimum atomic E-state index is -3.82. The average molecular weight is 384 g/mol. The van der Waals surface area contributed by atoms with Gasteiger partial charge in [0, 0.05) is 24.2 Å². The molecule has 0 saturated heterocycles.